The summed E-state index contributed by atoms with van der Waals surface area (Å²) in [6, 6.07) is 10.6. The number of nitrogens with zero attached hydrogens (tertiary/aromatic N) is 2. The number of ether oxygens (including phenoxy) is 3. The Labute approximate surface area is 183 Å². The van der Waals surface area contributed by atoms with Gasteiger partial charge in [0.1, 0.15) is 0 Å². The molecule has 4 rings (SSSR count). The number of aryl methyl sites for hydroxylation is 1. The summed E-state index contributed by atoms with van der Waals surface area (Å²) in [4.78, 5) is 2.52. The lowest BCUT2D eigenvalue weighted by Gasteiger charge is -2.33. The van der Waals surface area contributed by atoms with Crippen molar-refractivity contribution in [3.8, 4) is 11.5 Å². The van der Waals surface area contributed by atoms with Crippen LogP contribution in [0.1, 0.15) is 17.5 Å². The van der Waals surface area contributed by atoms with Gasteiger partial charge in [-0.3, -0.25) is 4.31 Å². The summed E-state index contributed by atoms with van der Waals surface area (Å²) in [6.07, 6.45) is 2.71. The van der Waals surface area contributed by atoms with E-state index < -0.39 is 10.0 Å². The van der Waals surface area contributed by atoms with E-state index in [0.717, 1.165) is 29.9 Å². The summed E-state index contributed by atoms with van der Waals surface area (Å²) in [6.45, 7) is 5.07. The van der Waals surface area contributed by atoms with Gasteiger partial charge in [0.05, 0.1) is 38.0 Å². The first-order valence-corrected chi connectivity index (χ1v) is 11.8. The molecule has 1 fully saturated rings. The number of hydrogen-bond acceptors (Lipinski definition) is 6. The minimum Gasteiger partial charge on any atom is -0.493 e. The van der Waals surface area contributed by atoms with E-state index in [-0.39, 0.29) is 4.90 Å². The van der Waals surface area contributed by atoms with E-state index in [2.05, 4.69) is 11.0 Å². The van der Waals surface area contributed by atoms with Crippen LogP contribution in [0.3, 0.4) is 0 Å². The summed E-state index contributed by atoms with van der Waals surface area (Å²) in [5.74, 6) is 1.06. The van der Waals surface area contributed by atoms with Gasteiger partial charge in [-0.1, -0.05) is 23.8 Å². The highest BCUT2D eigenvalue weighted by molar-refractivity contribution is 7.92. The molecule has 0 aliphatic carbocycles. The van der Waals surface area contributed by atoms with Gasteiger partial charge >= 0.3 is 0 Å². The lowest BCUT2D eigenvalue weighted by atomic mass is 10.1. The van der Waals surface area contributed by atoms with Gasteiger partial charge in [0.2, 0.25) is 0 Å². The van der Waals surface area contributed by atoms with Crippen molar-refractivity contribution in [2.24, 2.45) is 0 Å². The second kappa shape index (κ2) is 8.80. The fraction of sp³-hybridized carbons (Fsp3) is 0.391. The van der Waals surface area contributed by atoms with Crippen LogP contribution in [0.4, 0.5) is 5.69 Å². The molecule has 166 valence electrons. The van der Waals surface area contributed by atoms with Gasteiger partial charge in [-0.05, 0) is 31.5 Å². The molecule has 2 aromatic rings. The molecule has 0 amide bonds. The number of fused-ring (bicyclic) bond motifs is 1. The molecule has 0 bridgehead atoms. The van der Waals surface area contributed by atoms with E-state index in [0.29, 0.717) is 43.4 Å². The van der Waals surface area contributed by atoms with E-state index in [1.54, 1.807) is 32.4 Å². The van der Waals surface area contributed by atoms with Crippen LogP contribution in [0.2, 0.25) is 0 Å². The predicted molar refractivity (Wildman–Crippen MR) is 120 cm³/mol. The van der Waals surface area contributed by atoms with E-state index >= 15 is 0 Å². The maximum Gasteiger partial charge on any atom is 0.264 e. The highest BCUT2D eigenvalue weighted by Gasteiger charge is 2.32. The minimum atomic E-state index is -3.75. The largest absolute Gasteiger partial charge is 0.493 e. The van der Waals surface area contributed by atoms with Crippen LogP contribution < -0.4 is 13.8 Å². The quantitative estimate of drug-likeness (QED) is 0.705. The SMILES string of the molecule is COc1cc2c(cc1OC)N(S(=O)(=O)c1ccc(C)cc1)CCC=C2N1CCOCC1. The highest BCUT2D eigenvalue weighted by atomic mass is 32.2. The maximum absolute atomic E-state index is 13.6. The summed E-state index contributed by atoms with van der Waals surface area (Å²) in [7, 11) is -0.617. The third-order valence-electron chi connectivity index (χ3n) is 5.68. The third-order valence-corrected chi connectivity index (χ3v) is 7.50. The fourth-order valence-corrected chi connectivity index (χ4v) is 5.51. The minimum absolute atomic E-state index is 0.272. The van der Waals surface area contributed by atoms with Crippen molar-refractivity contribution in [3.05, 3.63) is 53.6 Å². The highest BCUT2D eigenvalue weighted by Crippen LogP contribution is 2.42. The summed E-state index contributed by atoms with van der Waals surface area (Å²) >= 11 is 0. The molecule has 2 heterocycles. The Kier molecular flexibility index (Phi) is 6.11. The Bertz CT molecular complexity index is 1070. The molecule has 2 aromatic carbocycles. The number of benzene rings is 2. The van der Waals surface area contributed by atoms with Gasteiger partial charge in [0, 0.05) is 37.0 Å². The van der Waals surface area contributed by atoms with E-state index in [1.165, 1.54) is 4.31 Å². The number of morpholine rings is 1. The molecule has 0 aromatic heterocycles. The Morgan fingerprint density at radius 2 is 1.58 bits per heavy atom. The van der Waals surface area contributed by atoms with Crippen LogP contribution in [0, 0.1) is 6.92 Å². The van der Waals surface area contributed by atoms with Crippen LogP contribution in [0.5, 0.6) is 11.5 Å². The molecule has 0 saturated carbocycles. The van der Waals surface area contributed by atoms with Crippen LogP contribution >= 0.6 is 0 Å². The topological polar surface area (TPSA) is 68.3 Å². The van der Waals surface area contributed by atoms with Gasteiger partial charge in [-0.25, -0.2) is 8.42 Å². The van der Waals surface area contributed by atoms with Gasteiger partial charge in [0.15, 0.2) is 11.5 Å². The second-order valence-electron chi connectivity index (χ2n) is 7.59. The van der Waals surface area contributed by atoms with Gasteiger partial charge in [-0.2, -0.15) is 0 Å². The second-order valence-corrected chi connectivity index (χ2v) is 9.45. The van der Waals surface area contributed by atoms with E-state index in [1.807, 2.05) is 25.1 Å². The van der Waals surface area contributed by atoms with Gasteiger partial charge < -0.3 is 19.1 Å². The summed E-state index contributed by atoms with van der Waals surface area (Å²) < 4.78 is 45.3. The molecule has 0 unspecified atom stereocenters. The lowest BCUT2D eigenvalue weighted by Crippen LogP contribution is -2.35. The van der Waals surface area contributed by atoms with Crippen LogP contribution in [0.25, 0.3) is 5.70 Å². The zero-order valence-corrected chi connectivity index (χ0v) is 18.9. The molecule has 0 radical (unpaired) electrons. The molecular weight excluding hydrogens is 416 g/mol. The average Bonchev–Trinajstić information content (AvgIpc) is 2.98. The Morgan fingerprint density at radius 3 is 2.23 bits per heavy atom. The Balaban J connectivity index is 1.86. The lowest BCUT2D eigenvalue weighted by molar-refractivity contribution is 0.0639. The van der Waals surface area contributed by atoms with E-state index in [4.69, 9.17) is 14.2 Å². The first-order chi connectivity index (χ1) is 15.0. The van der Waals surface area contributed by atoms with Crippen molar-refractivity contribution in [1.29, 1.82) is 0 Å². The normalized spacial score (nSPS) is 16.9. The number of methoxy groups -OCH3 is 2. The van der Waals surface area contributed by atoms with Crippen molar-refractivity contribution in [2.45, 2.75) is 18.2 Å². The predicted octanol–water partition coefficient (Wildman–Crippen LogP) is 3.28. The van der Waals surface area contributed by atoms with Crippen molar-refractivity contribution >= 4 is 21.4 Å². The molecule has 8 heteroatoms. The first-order valence-electron chi connectivity index (χ1n) is 10.3. The molecule has 31 heavy (non-hydrogen) atoms. The molecule has 2 aliphatic rings. The van der Waals surface area contributed by atoms with Gasteiger partial charge in [0.25, 0.3) is 10.0 Å². The zero-order chi connectivity index (χ0) is 22.0. The van der Waals surface area contributed by atoms with Crippen molar-refractivity contribution < 1.29 is 22.6 Å². The Morgan fingerprint density at radius 1 is 0.935 bits per heavy atom. The van der Waals surface area contributed by atoms with Crippen molar-refractivity contribution in [2.75, 3.05) is 51.4 Å². The van der Waals surface area contributed by atoms with Crippen LogP contribution in [-0.4, -0.2) is 60.4 Å². The van der Waals surface area contributed by atoms with Crippen LogP contribution in [0.15, 0.2) is 47.4 Å². The molecule has 0 spiro atoms. The molecule has 2 aliphatic heterocycles. The summed E-state index contributed by atoms with van der Waals surface area (Å²) in [5.41, 5.74) is 3.42. The first kappa shape index (κ1) is 21.5. The van der Waals surface area contributed by atoms with E-state index in [9.17, 15) is 8.42 Å². The number of rotatable bonds is 5. The zero-order valence-electron chi connectivity index (χ0n) is 18.1. The van der Waals surface area contributed by atoms with Crippen LogP contribution in [-0.2, 0) is 14.8 Å². The van der Waals surface area contributed by atoms with Gasteiger partial charge in [-0.15, -0.1) is 0 Å². The van der Waals surface area contributed by atoms with Crippen molar-refractivity contribution in [3.63, 3.8) is 0 Å². The Hall–Kier alpha value is -2.71. The average molecular weight is 445 g/mol. The number of sulfonamides is 1. The maximum atomic E-state index is 13.6. The monoisotopic (exact) mass is 444 g/mol. The van der Waals surface area contributed by atoms with Crippen molar-refractivity contribution in [1.82, 2.24) is 4.90 Å². The molecule has 7 nitrogen and oxygen atoms in total. The standard InChI is InChI=1S/C23H28N2O5S/c1-17-6-8-18(9-7-17)31(26,27)25-10-4-5-20(24-11-13-30-14-12-24)19-15-22(28-2)23(29-3)16-21(19)25/h5-9,15-16H,4,10-14H2,1-3H3. The fourth-order valence-electron chi connectivity index (χ4n) is 4.02. The number of anilines is 1. The molecule has 1 saturated heterocycles. The molecular formula is C23H28N2O5S. The smallest absolute Gasteiger partial charge is 0.264 e. The third kappa shape index (κ3) is 4.09. The molecule has 0 N–H and O–H groups in total. The number of hydrogen-bond donors (Lipinski definition) is 0. The molecule has 0 atom stereocenters. The summed E-state index contributed by atoms with van der Waals surface area (Å²) in [5, 5.41) is 0.